The van der Waals surface area contributed by atoms with E-state index in [4.69, 9.17) is 0 Å². The smallest absolute Gasteiger partial charge is 0.125 e. The second kappa shape index (κ2) is 7.29. The van der Waals surface area contributed by atoms with E-state index in [2.05, 4.69) is 45.5 Å². The van der Waals surface area contributed by atoms with E-state index in [9.17, 15) is 4.39 Å². The maximum atomic E-state index is 13.1. The van der Waals surface area contributed by atoms with Crippen LogP contribution in [0, 0.1) is 5.82 Å². The van der Waals surface area contributed by atoms with Crippen molar-refractivity contribution in [2.75, 3.05) is 11.9 Å². The molecule has 0 radical (unpaired) electrons. The SMILES string of the molecule is Fc1ccc(Br)c(NCCCCc2ccccc2)c1. The first-order valence-corrected chi connectivity index (χ1v) is 7.28. The van der Waals surface area contributed by atoms with Crippen LogP contribution in [0.5, 0.6) is 0 Å². The number of rotatable bonds is 6. The predicted molar refractivity (Wildman–Crippen MR) is 82.0 cm³/mol. The highest BCUT2D eigenvalue weighted by molar-refractivity contribution is 9.10. The van der Waals surface area contributed by atoms with E-state index < -0.39 is 0 Å². The third kappa shape index (κ3) is 4.67. The van der Waals surface area contributed by atoms with Crippen molar-refractivity contribution < 1.29 is 4.39 Å². The number of unbranched alkanes of at least 4 members (excludes halogenated alkanes) is 1. The van der Waals surface area contributed by atoms with Crippen LogP contribution < -0.4 is 5.32 Å². The second-order valence-corrected chi connectivity index (χ2v) is 5.35. The molecule has 0 unspecified atom stereocenters. The molecule has 3 heteroatoms. The average molecular weight is 322 g/mol. The van der Waals surface area contributed by atoms with E-state index >= 15 is 0 Å². The first kappa shape index (κ1) is 14.1. The molecule has 1 N–H and O–H groups in total. The highest BCUT2D eigenvalue weighted by Gasteiger charge is 2.00. The number of benzene rings is 2. The summed E-state index contributed by atoms with van der Waals surface area (Å²) < 4.78 is 14.0. The van der Waals surface area contributed by atoms with Crippen molar-refractivity contribution >= 4 is 21.6 Å². The molecule has 0 saturated carbocycles. The second-order valence-electron chi connectivity index (χ2n) is 4.49. The minimum atomic E-state index is -0.213. The Labute approximate surface area is 122 Å². The molecule has 0 heterocycles. The van der Waals surface area contributed by atoms with Crippen LogP contribution in [0.2, 0.25) is 0 Å². The Morgan fingerprint density at radius 3 is 2.58 bits per heavy atom. The van der Waals surface area contributed by atoms with Gasteiger partial charge in [0.2, 0.25) is 0 Å². The molecule has 1 nitrogen and oxygen atoms in total. The fraction of sp³-hybridized carbons (Fsp3) is 0.250. The quantitative estimate of drug-likeness (QED) is 0.736. The largest absolute Gasteiger partial charge is 0.384 e. The van der Waals surface area contributed by atoms with Crippen molar-refractivity contribution in [1.29, 1.82) is 0 Å². The molecule has 2 aromatic rings. The topological polar surface area (TPSA) is 12.0 Å². The molecule has 0 aliphatic rings. The fourth-order valence-corrected chi connectivity index (χ4v) is 2.34. The van der Waals surface area contributed by atoms with Gasteiger partial charge in [-0.3, -0.25) is 0 Å². The minimum Gasteiger partial charge on any atom is -0.384 e. The molecule has 0 fully saturated rings. The Hall–Kier alpha value is -1.35. The Balaban J connectivity index is 1.71. The van der Waals surface area contributed by atoms with E-state index in [-0.39, 0.29) is 5.82 Å². The van der Waals surface area contributed by atoms with Gasteiger partial charge in [0.25, 0.3) is 0 Å². The zero-order valence-corrected chi connectivity index (χ0v) is 12.3. The molecule has 100 valence electrons. The molecule has 2 rings (SSSR count). The maximum absolute atomic E-state index is 13.1. The summed E-state index contributed by atoms with van der Waals surface area (Å²) in [5, 5.41) is 3.25. The lowest BCUT2D eigenvalue weighted by Crippen LogP contribution is -2.03. The maximum Gasteiger partial charge on any atom is 0.125 e. The predicted octanol–water partition coefficient (Wildman–Crippen LogP) is 5.02. The molecule has 0 aliphatic carbocycles. The number of hydrogen-bond acceptors (Lipinski definition) is 1. The standard InChI is InChI=1S/C16H17BrFN/c17-15-10-9-14(18)12-16(15)19-11-5-4-8-13-6-2-1-3-7-13/h1-3,6-7,9-10,12,19H,4-5,8,11H2. The first-order valence-electron chi connectivity index (χ1n) is 6.48. The van der Waals surface area contributed by atoms with Gasteiger partial charge in [-0.05, 0) is 59.0 Å². The Kier molecular flexibility index (Phi) is 5.40. The Morgan fingerprint density at radius 2 is 1.79 bits per heavy atom. The van der Waals surface area contributed by atoms with Gasteiger partial charge in [0.15, 0.2) is 0 Å². The number of nitrogens with one attached hydrogen (secondary N) is 1. The van der Waals surface area contributed by atoms with E-state index in [0.717, 1.165) is 36.0 Å². The van der Waals surface area contributed by atoms with Crippen LogP contribution in [0.3, 0.4) is 0 Å². The monoisotopic (exact) mass is 321 g/mol. The molecule has 0 aliphatic heterocycles. The Bertz CT molecular complexity index is 513. The molecular weight excluding hydrogens is 305 g/mol. The van der Waals surface area contributed by atoms with Gasteiger partial charge in [-0.25, -0.2) is 4.39 Å². The summed E-state index contributed by atoms with van der Waals surface area (Å²) in [4.78, 5) is 0. The molecular formula is C16H17BrFN. The summed E-state index contributed by atoms with van der Waals surface area (Å²) >= 11 is 3.41. The summed E-state index contributed by atoms with van der Waals surface area (Å²) in [5.41, 5.74) is 2.19. The molecule has 0 spiro atoms. The lowest BCUT2D eigenvalue weighted by atomic mass is 10.1. The Morgan fingerprint density at radius 1 is 1.00 bits per heavy atom. The lowest BCUT2D eigenvalue weighted by Gasteiger charge is -2.08. The van der Waals surface area contributed by atoms with Crippen molar-refractivity contribution in [3.8, 4) is 0 Å². The molecule has 0 bridgehead atoms. The first-order chi connectivity index (χ1) is 9.25. The fourth-order valence-electron chi connectivity index (χ4n) is 1.95. The van der Waals surface area contributed by atoms with Crippen LogP contribution in [0.15, 0.2) is 53.0 Å². The highest BCUT2D eigenvalue weighted by Crippen LogP contribution is 2.22. The third-order valence-corrected chi connectivity index (χ3v) is 3.67. The van der Waals surface area contributed by atoms with Crippen molar-refractivity contribution in [2.24, 2.45) is 0 Å². The summed E-state index contributed by atoms with van der Waals surface area (Å²) in [6, 6.07) is 15.2. The van der Waals surface area contributed by atoms with Gasteiger partial charge in [-0.2, -0.15) is 0 Å². The van der Waals surface area contributed by atoms with Gasteiger partial charge in [0, 0.05) is 11.0 Å². The van der Waals surface area contributed by atoms with Crippen molar-refractivity contribution in [1.82, 2.24) is 0 Å². The number of aryl methyl sites for hydroxylation is 1. The normalized spacial score (nSPS) is 10.4. The summed E-state index contributed by atoms with van der Waals surface area (Å²) in [6.07, 6.45) is 3.29. The number of hydrogen-bond donors (Lipinski definition) is 1. The summed E-state index contributed by atoms with van der Waals surface area (Å²) in [6.45, 7) is 0.856. The minimum absolute atomic E-state index is 0.213. The lowest BCUT2D eigenvalue weighted by molar-refractivity contribution is 0.628. The zero-order chi connectivity index (χ0) is 13.5. The van der Waals surface area contributed by atoms with E-state index in [1.165, 1.54) is 17.7 Å². The highest BCUT2D eigenvalue weighted by atomic mass is 79.9. The van der Waals surface area contributed by atoms with Gasteiger partial charge in [-0.15, -0.1) is 0 Å². The van der Waals surface area contributed by atoms with E-state index in [0.29, 0.717) is 0 Å². The van der Waals surface area contributed by atoms with Gasteiger partial charge < -0.3 is 5.32 Å². The molecule has 0 saturated heterocycles. The van der Waals surface area contributed by atoms with Gasteiger partial charge >= 0.3 is 0 Å². The van der Waals surface area contributed by atoms with Gasteiger partial charge in [0.1, 0.15) is 5.82 Å². The van der Waals surface area contributed by atoms with Crippen molar-refractivity contribution in [3.05, 3.63) is 64.4 Å². The zero-order valence-electron chi connectivity index (χ0n) is 10.7. The summed E-state index contributed by atoms with van der Waals surface area (Å²) in [5.74, 6) is -0.213. The number of halogens is 2. The van der Waals surface area contributed by atoms with Crippen LogP contribution in [0.25, 0.3) is 0 Å². The van der Waals surface area contributed by atoms with Crippen LogP contribution in [0.1, 0.15) is 18.4 Å². The molecule has 19 heavy (non-hydrogen) atoms. The van der Waals surface area contributed by atoms with Crippen molar-refractivity contribution in [2.45, 2.75) is 19.3 Å². The van der Waals surface area contributed by atoms with Gasteiger partial charge in [-0.1, -0.05) is 30.3 Å². The molecule has 0 atom stereocenters. The van der Waals surface area contributed by atoms with Gasteiger partial charge in [0.05, 0.1) is 5.69 Å². The van der Waals surface area contributed by atoms with Crippen LogP contribution in [-0.2, 0) is 6.42 Å². The van der Waals surface area contributed by atoms with E-state index in [1.807, 2.05) is 6.07 Å². The van der Waals surface area contributed by atoms with Crippen LogP contribution in [0.4, 0.5) is 10.1 Å². The third-order valence-electron chi connectivity index (χ3n) is 2.98. The van der Waals surface area contributed by atoms with Crippen molar-refractivity contribution in [3.63, 3.8) is 0 Å². The molecule has 0 aromatic heterocycles. The number of anilines is 1. The average Bonchev–Trinajstić information content (AvgIpc) is 2.43. The molecule has 0 amide bonds. The van der Waals surface area contributed by atoms with Crippen LogP contribution in [-0.4, -0.2) is 6.54 Å². The molecule has 2 aromatic carbocycles. The van der Waals surface area contributed by atoms with Crippen LogP contribution >= 0.6 is 15.9 Å². The van der Waals surface area contributed by atoms with E-state index in [1.54, 1.807) is 6.07 Å². The summed E-state index contributed by atoms with van der Waals surface area (Å²) in [7, 11) is 0.